The summed E-state index contributed by atoms with van der Waals surface area (Å²) in [5.41, 5.74) is 0.865. The normalized spacial score (nSPS) is 10.9. The molecule has 0 radical (unpaired) electrons. The van der Waals surface area contributed by atoms with Crippen LogP contribution in [0.25, 0.3) is 11.4 Å². The average Bonchev–Trinajstić information content (AvgIpc) is 2.90. The average molecular weight is 499 g/mol. The first-order chi connectivity index (χ1) is 17.7. The molecule has 0 spiro atoms. The number of hydrogen-bond donors (Lipinski definition) is 0. The molecular formula is C30H46N2O4. The lowest BCUT2D eigenvalue weighted by molar-refractivity contribution is -0.134. The Morgan fingerprint density at radius 3 is 1.92 bits per heavy atom. The van der Waals surface area contributed by atoms with Gasteiger partial charge < -0.3 is 14.2 Å². The minimum Gasteiger partial charge on any atom is -0.490 e. The largest absolute Gasteiger partial charge is 0.490 e. The Morgan fingerprint density at radius 2 is 1.25 bits per heavy atom. The number of carbonyl (C=O) groups is 1. The van der Waals surface area contributed by atoms with Crippen LogP contribution in [0.4, 0.5) is 0 Å². The summed E-state index contributed by atoms with van der Waals surface area (Å²) >= 11 is 0. The van der Waals surface area contributed by atoms with Gasteiger partial charge in [-0.2, -0.15) is 0 Å². The van der Waals surface area contributed by atoms with Crippen LogP contribution in [0.2, 0.25) is 0 Å². The molecule has 2 aromatic rings. The fraction of sp³-hybridized carbons (Fsp3) is 0.633. The highest BCUT2D eigenvalue weighted by Gasteiger charge is 2.07. The van der Waals surface area contributed by atoms with E-state index in [1.54, 1.807) is 24.5 Å². The zero-order valence-corrected chi connectivity index (χ0v) is 22.5. The van der Waals surface area contributed by atoms with E-state index in [2.05, 4.69) is 23.8 Å². The first-order valence-electron chi connectivity index (χ1n) is 14.1. The number of carbonyl (C=O) groups excluding carboxylic acids is 1. The highest BCUT2D eigenvalue weighted by Crippen LogP contribution is 2.21. The third-order valence-electron chi connectivity index (χ3n) is 6.05. The summed E-state index contributed by atoms with van der Waals surface area (Å²) in [6, 6.07) is 7.32. The van der Waals surface area contributed by atoms with Gasteiger partial charge >= 0.3 is 5.97 Å². The minimum atomic E-state index is -0.170. The molecule has 0 aliphatic carbocycles. The topological polar surface area (TPSA) is 70.5 Å². The van der Waals surface area contributed by atoms with Gasteiger partial charge in [-0.1, -0.05) is 71.6 Å². The van der Waals surface area contributed by atoms with Crippen molar-refractivity contribution in [2.24, 2.45) is 0 Å². The second-order valence-electron chi connectivity index (χ2n) is 9.34. The van der Waals surface area contributed by atoms with Crippen molar-refractivity contribution < 1.29 is 19.0 Å². The maximum atomic E-state index is 12.1. The molecule has 1 aromatic carbocycles. The molecule has 2 rings (SSSR count). The fourth-order valence-electron chi connectivity index (χ4n) is 3.82. The van der Waals surface area contributed by atoms with Gasteiger partial charge in [0.05, 0.1) is 19.0 Å². The van der Waals surface area contributed by atoms with Crippen molar-refractivity contribution in [3.05, 3.63) is 36.7 Å². The Morgan fingerprint density at radius 1 is 0.667 bits per heavy atom. The summed E-state index contributed by atoms with van der Waals surface area (Å²) in [5, 5.41) is 0. The Hall–Kier alpha value is -2.47. The van der Waals surface area contributed by atoms with E-state index in [-0.39, 0.29) is 5.97 Å². The third kappa shape index (κ3) is 13.6. The molecule has 0 N–H and O–H groups in total. The Labute approximate surface area is 218 Å². The number of ether oxygens (including phenoxy) is 3. The third-order valence-corrected chi connectivity index (χ3v) is 6.05. The van der Waals surface area contributed by atoms with Crippen LogP contribution in [-0.4, -0.2) is 35.8 Å². The predicted molar refractivity (Wildman–Crippen MR) is 145 cm³/mol. The van der Waals surface area contributed by atoms with Crippen LogP contribution in [0.3, 0.4) is 0 Å². The smallest absolute Gasteiger partial charge is 0.311 e. The van der Waals surface area contributed by atoms with Crippen LogP contribution in [-0.2, 0) is 9.53 Å². The van der Waals surface area contributed by atoms with Gasteiger partial charge in [0.15, 0.2) is 11.6 Å². The van der Waals surface area contributed by atoms with Crippen LogP contribution in [0.15, 0.2) is 36.7 Å². The monoisotopic (exact) mass is 498 g/mol. The van der Waals surface area contributed by atoms with Crippen LogP contribution < -0.4 is 9.47 Å². The van der Waals surface area contributed by atoms with E-state index < -0.39 is 0 Å². The summed E-state index contributed by atoms with van der Waals surface area (Å²) in [6.45, 7) is 6.65. The molecule has 0 unspecified atom stereocenters. The number of nitrogens with zero attached hydrogens (tertiary/aromatic N) is 2. The first-order valence-corrected chi connectivity index (χ1v) is 14.1. The molecule has 0 bridgehead atoms. The van der Waals surface area contributed by atoms with E-state index in [1.807, 2.05) is 12.1 Å². The van der Waals surface area contributed by atoms with Crippen molar-refractivity contribution in [1.82, 2.24) is 9.97 Å². The molecule has 200 valence electrons. The van der Waals surface area contributed by atoms with Crippen molar-refractivity contribution >= 4 is 5.97 Å². The molecule has 6 heteroatoms. The Bertz CT molecular complexity index is 809. The summed E-state index contributed by atoms with van der Waals surface area (Å²) < 4.78 is 16.8. The second kappa shape index (κ2) is 19.7. The van der Waals surface area contributed by atoms with Crippen molar-refractivity contribution in [2.45, 2.75) is 104 Å². The maximum Gasteiger partial charge on any atom is 0.311 e. The van der Waals surface area contributed by atoms with Crippen LogP contribution in [0, 0.1) is 0 Å². The van der Waals surface area contributed by atoms with Crippen LogP contribution in [0.1, 0.15) is 104 Å². The molecule has 1 heterocycles. The lowest BCUT2D eigenvalue weighted by Gasteiger charge is -2.08. The molecule has 36 heavy (non-hydrogen) atoms. The van der Waals surface area contributed by atoms with E-state index in [4.69, 9.17) is 14.2 Å². The van der Waals surface area contributed by atoms with Crippen molar-refractivity contribution in [3.63, 3.8) is 0 Å². The summed E-state index contributed by atoms with van der Waals surface area (Å²) in [5.74, 6) is 1.65. The van der Waals surface area contributed by atoms with Gasteiger partial charge in [-0.05, 0) is 49.9 Å². The number of hydrogen-bond acceptors (Lipinski definition) is 6. The molecule has 0 atom stereocenters. The molecule has 1 aromatic heterocycles. The molecular weight excluding hydrogens is 452 g/mol. The Balaban J connectivity index is 1.60. The van der Waals surface area contributed by atoms with Gasteiger partial charge in [0.1, 0.15) is 5.75 Å². The first kappa shape index (κ1) is 29.8. The van der Waals surface area contributed by atoms with Crippen LogP contribution in [0.5, 0.6) is 11.5 Å². The molecule has 0 saturated heterocycles. The SMILES string of the molecule is CCCCCCCCCCCC(=O)Oc1ccc(-c2ncc(OCCCCOCCCC)cn2)cc1. The number of unbranched alkanes of at least 4 members (excludes halogenated alkanes) is 10. The second-order valence-corrected chi connectivity index (χ2v) is 9.34. The predicted octanol–water partition coefficient (Wildman–Crippen LogP) is 7.95. The fourth-order valence-corrected chi connectivity index (χ4v) is 3.82. The lowest BCUT2D eigenvalue weighted by atomic mass is 10.1. The number of aromatic nitrogens is 2. The lowest BCUT2D eigenvalue weighted by Crippen LogP contribution is -2.07. The molecule has 0 saturated carbocycles. The van der Waals surface area contributed by atoms with Gasteiger partial charge in [-0.3, -0.25) is 4.79 Å². The quantitative estimate of drug-likeness (QED) is 0.0988. The molecule has 0 fully saturated rings. The zero-order valence-electron chi connectivity index (χ0n) is 22.5. The summed E-state index contributed by atoms with van der Waals surface area (Å²) in [7, 11) is 0. The van der Waals surface area contributed by atoms with Gasteiger partial charge in [-0.15, -0.1) is 0 Å². The molecule has 0 aliphatic heterocycles. The van der Waals surface area contributed by atoms with Gasteiger partial charge in [0.2, 0.25) is 0 Å². The van der Waals surface area contributed by atoms with E-state index in [1.165, 1.54) is 44.9 Å². The molecule has 0 amide bonds. The van der Waals surface area contributed by atoms with Crippen molar-refractivity contribution in [3.8, 4) is 22.9 Å². The highest BCUT2D eigenvalue weighted by atomic mass is 16.5. The summed E-state index contributed by atoms with van der Waals surface area (Å²) in [6.07, 6.45) is 19.1. The van der Waals surface area contributed by atoms with Crippen molar-refractivity contribution in [2.75, 3.05) is 19.8 Å². The number of esters is 1. The standard InChI is InChI=1S/C30H46N2O4/c1-3-5-7-8-9-10-11-12-13-16-29(33)36-27-19-17-26(18-20-27)30-31-24-28(25-32-30)35-23-15-14-22-34-21-6-4-2/h17-20,24-25H,3-16,21-23H2,1-2H3. The van der Waals surface area contributed by atoms with E-state index >= 15 is 0 Å². The van der Waals surface area contributed by atoms with Crippen molar-refractivity contribution in [1.29, 1.82) is 0 Å². The van der Waals surface area contributed by atoms with E-state index in [0.717, 1.165) is 57.3 Å². The summed E-state index contributed by atoms with van der Waals surface area (Å²) in [4.78, 5) is 20.9. The van der Waals surface area contributed by atoms with Gasteiger partial charge in [0, 0.05) is 25.2 Å². The number of benzene rings is 1. The minimum absolute atomic E-state index is 0.170. The van der Waals surface area contributed by atoms with Crippen LogP contribution >= 0.6 is 0 Å². The Kier molecular flexibility index (Phi) is 16.3. The maximum absolute atomic E-state index is 12.1. The van der Waals surface area contributed by atoms with E-state index in [9.17, 15) is 4.79 Å². The van der Waals surface area contributed by atoms with Gasteiger partial charge in [-0.25, -0.2) is 9.97 Å². The van der Waals surface area contributed by atoms with E-state index in [0.29, 0.717) is 30.4 Å². The molecule has 6 nitrogen and oxygen atoms in total. The van der Waals surface area contributed by atoms with Gasteiger partial charge in [0.25, 0.3) is 0 Å². The molecule has 0 aliphatic rings. The number of rotatable bonds is 21. The zero-order chi connectivity index (χ0) is 25.7. The highest BCUT2D eigenvalue weighted by molar-refractivity contribution is 5.72.